The summed E-state index contributed by atoms with van der Waals surface area (Å²) in [5.41, 5.74) is 1.01. The number of benzene rings is 1. The fourth-order valence-corrected chi connectivity index (χ4v) is 3.22. The second-order valence-electron chi connectivity index (χ2n) is 5.66. The number of rotatable bonds is 5. The average Bonchev–Trinajstić information content (AvgIpc) is 3.22. The van der Waals surface area contributed by atoms with Crippen LogP contribution >= 0.6 is 11.6 Å². The molecule has 1 amide bonds. The fourth-order valence-electron chi connectivity index (χ4n) is 2.99. The number of aromatic nitrogens is 3. The zero-order valence-electron chi connectivity index (χ0n) is 12.7. The van der Waals surface area contributed by atoms with Crippen molar-refractivity contribution in [2.24, 2.45) is 0 Å². The van der Waals surface area contributed by atoms with Gasteiger partial charge in [0.1, 0.15) is 0 Å². The largest absolute Gasteiger partial charge is 0.396 e. The van der Waals surface area contributed by atoms with Gasteiger partial charge in [-0.2, -0.15) is 0 Å². The number of aliphatic hydroxyl groups is 1. The van der Waals surface area contributed by atoms with Gasteiger partial charge < -0.3 is 10.0 Å². The first-order valence-corrected chi connectivity index (χ1v) is 8.17. The Morgan fingerprint density at radius 3 is 3.00 bits per heavy atom. The molecule has 1 unspecified atom stereocenters. The van der Waals surface area contributed by atoms with E-state index in [1.54, 1.807) is 12.3 Å². The van der Waals surface area contributed by atoms with Crippen LogP contribution in [0.25, 0.3) is 5.69 Å². The van der Waals surface area contributed by atoms with Crippen LogP contribution in [0.3, 0.4) is 0 Å². The molecule has 1 fully saturated rings. The molecule has 2 heterocycles. The van der Waals surface area contributed by atoms with Gasteiger partial charge in [-0.3, -0.25) is 4.79 Å². The van der Waals surface area contributed by atoms with Crippen molar-refractivity contribution in [3.05, 3.63) is 41.2 Å². The Morgan fingerprint density at radius 1 is 1.39 bits per heavy atom. The maximum Gasteiger partial charge on any atom is 0.276 e. The molecule has 1 aromatic carbocycles. The van der Waals surface area contributed by atoms with E-state index in [1.807, 2.05) is 23.1 Å². The van der Waals surface area contributed by atoms with E-state index in [2.05, 4.69) is 10.3 Å². The van der Waals surface area contributed by atoms with Crippen molar-refractivity contribution in [1.29, 1.82) is 0 Å². The summed E-state index contributed by atoms with van der Waals surface area (Å²) in [5.74, 6) is -0.108. The standard InChI is InChI=1S/C16H19ClN4O2/c17-13-7-1-2-8-15(13)21-11-14(18-19-21)16(23)20-9-3-5-12(20)6-4-10-22/h1-2,7-8,11-12,22H,3-6,9-10H2. The quantitative estimate of drug-likeness (QED) is 0.910. The molecule has 0 bridgehead atoms. The van der Waals surface area contributed by atoms with Crippen LogP contribution in [0.5, 0.6) is 0 Å². The molecule has 122 valence electrons. The maximum absolute atomic E-state index is 12.7. The minimum Gasteiger partial charge on any atom is -0.396 e. The van der Waals surface area contributed by atoms with E-state index >= 15 is 0 Å². The Kier molecular flexibility index (Phi) is 4.93. The van der Waals surface area contributed by atoms with Crippen LogP contribution in [-0.4, -0.2) is 50.1 Å². The lowest BCUT2D eigenvalue weighted by Gasteiger charge is -2.23. The highest BCUT2D eigenvalue weighted by Crippen LogP contribution is 2.24. The van der Waals surface area contributed by atoms with Gasteiger partial charge in [-0.25, -0.2) is 4.68 Å². The summed E-state index contributed by atoms with van der Waals surface area (Å²) in [7, 11) is 0. The van der Waals surface area contributed by atoms with Crippen molar-refractivity contribution in [2.75, 3.05) is 13.2 Å². The minimum absolute atomic E-state index is 0.108. The van der Waals surface area contributed by atoms with Crippen LogP contribution in [0.4, 0.5) is 0 Å². The normalized spacial score (nSPS) is 17.7. The van der Waals surface area contributed by atoms with E-state index in [9.17, 15) is 4.79 Å². The molecule has 1 aliphatic heterocycles. The van der Waals surface area contributed by atoms with Gasteiger partial charge in [0.05, 0.1) is 16.9 Å². The molecular weight excluding hydrogens is 316 g/mol. The van der Waals surface area contributed by atoms with Crippen molar-refractivity contribution < 1.29 is 9.90 Å². The maximum atomic E-state index is 12.7. The van der Waals surface area contributed by atoms with E-state index in [0.29, 0.717) is 22.8 Å². The van der Waals surface area contributed by atoms with Crippen molar-refractivity contribution in [3.63, 3.8) is 0 Å². The molecule has 0 spiro atoms. The number of para-hydroxylation sites is 1. The lowest BCUT2D eigenvalue weighted by Crippen LogP contribution is -2.35. The van der Waals surface area contributed by atoms with Crippen molar-refractivity contribution in [1.82, 2.24) is 19.9 Å². The minimum atomic E-state index is -0.108. The van der Waals surface area contributed by atoms with Crippen molar-refractivity contribution >= 4 is 17.5 Å². The molecule has 6 nitrogen and oxygen atoms in total. The van der Waals surface area contributed by atoms with Crippen LogP contribution in [0.15, 0.2) is 30.5 Å². The van der Waals surface area contributed by atoms with Gasteiger partial charge in [-0.15, -0.1) is 5.10 Å². The number of nitrogens with zero attached hydrogens (tertiary/aromatic N) is 4. The third kappa shape index (κ3) is 3.38. The zero-order chi connectivity index (χ0) is 16.2. The van der Waals surface area contributed by atoms with Gasteiger partial charge in [0.15, 0.2) is 5.69 Å². The molecule has 1 atom stereocenters. The van der Waals surface area contributed by atoms with Gasteiger partial charge in [0.2, 0.25) is 0 Å². The summed E-state index contributed by atoms with van der Waals surface area (Å²) in [4.78, 5) is 14.5. The van der Waals surface area contributed by atoms with Gasteiger partial charge in [0.25, 0.3) is 5.91 Å². The van der Waals surface area contributed by atoms with E-state index in [1.165, 1.54) is 4.68 Å². The Morgan fingerprint density at radius 2 is 2.22 bits per heavy atom. The molecule has 2 aromatic rings. The van der Waals surface area contributed by atoms with Crippen molar-refractivity contribution in [2.45, 2.75) is 31.7 Å². The topological polar surface area (TPSA) is 71.2 Å². The highest BCUT2D eigenvalue weighted by Gasteiger charge is 2.30. The third-order valence-corrected chi connectivity index (χ3v) is 4.46. The summed E-state index contributed by atoms with van der Waals surface area (Å²) in [5, 5.41) is 17.6. The first-order chi connectivity index (χ1) is 11.2. The highest BCUT2D eigenvalue weighted by atomic mass is 35.5. The lowest BCUT2D eigenvalue weighted by molar-refractivity contribution is 0.0718. The second kappa shape index (κ2) is 7.10. The average molecular weight is 335 g/mol. The summed E-state index contributed by atoms with van der Waals surface area (Å²) in [6, 6.07) is 7.47. The molecule has 3 rings (SSSR count). The number of amides is 1. The molecule has 7 heteroatoms. The van der Waals surface area contributed by atoms with Crippen LogP contribution in [-0.2, 0) is 0 Å². The monoisotopic (exact) mass is 334 g/mol. The molecule has 0 radical (unpaired) electrons. The number of hydrogen-bond acceptors (Lipinski definition) is 4. The van der Waals surface area contributed by atoms with E-state index in [4.69, 9.17) is 16.7 Å². The van der Waals surface area contributed by atoms with E-state index in [0.717, 1.165) is 25.8 Å². The lowest BCUT2D eigenvalue weighted by atomic mass is 10.1. The number of aliphatic hydroxyl groups excluding tert-OH is 1. The van der Waals surface area contributed by atoms with Crippen LogP contribution < -0.4 is 0 Å². The van der Waals surface area contributed by atoms with Gasteiger partial charge in [-0.05, 0) is 37.8 Å². The highest BCUT2D eigenvalue weighted by molar-refractivity contribution is 6.32. The molecule has 1 aromatic heterocycles. The Hall–Kier alpha value is -1.92. The molecule has 1 N–H and O–H groups in total. The molecule has 23 heavy (non-hydrogen) atoms. The SMILES string of the molecule is O=C(c1cn(-c2ccccc2Cl)nn1)N1CCCC1CCCO. The van der Waals surface area contributed by atoms with Gasteiger partial charge in [0, 0.05) is 19.2 Å². The summed E-state index contributed by atoms with van der Waals surface area (Å²) in [6.07, 6.45) is 5.11. The number of carbonyl (C=O) groups is 1. The first kappa shape index (κ1) is 16.0. The molecule has 0 saturated carbocycles. The van der Waals surface area contributed by atoms with Gasteiger partial charge >= 0.3 is 0 Å². The predicted octanol–water partition coefficient (Wildman–Crippen LogP) is 2.30. The Balaban J connectivity index is 1.77. The van der Waals surface area contributed by atoms with E-state index < -0.39 is 0 Å². The van der Waals surface area contributed by atoms with E-state index in [-0.39, 0.29) is 18.6 Å². The zero-order valence-corrected chi connectivity index (χ0v) is 13.5. The number of halogens is 1. The summed E-state index contributed by atoms with van der Waals surface area (Å²) >= 11 is 6.15. The Labute approximate surface area is 139 Å². The van der Waals surface area contributed by atoms with Crippen LogP contribution in [0.1, 0.15) is 36.2 Å². The summed E-state index contributed by atoms with van der Waals surface area (Å²) < 4.78 is 1.52. The molecular formula is C16H19ClN4O2. The predicted molar refractivity (Wildman–Crippen MR) is 86.7 cm³/mol. The van der Waals surface area contributed by atoms with Crippen LogP contribution in [0.2, 0.25) is 5.02 Å². The molecule has 0 aliphatic carbocycles. The first-order valence-electron chi connectivity index (χ1n) is 7.80. The van der Waals surface area contributed by atoms with Crippen molar-refractivity contribution in [3.8, 4) is 5.69 Å². The van der Waals surface area contributed by atoms with Crippen LogP contribution in [0, 0.1) is 0 Å². The number of hydrogen-bond donors (Lipinski definition) is 1. The Bertz CT molecular complexity index is 688. The summed E-state index contributed by atoms with van der Waals surface area (Å²) in [6.45, 7) is 0.884. The third-order valence-electron chi connectivity index (χ3n) is 4.15. The smallest absolute Gasteiger partial charge is 0.276 e. The second-order valence-corrected chi connectivity index (χ2v) is 6.07. The number of likely N-dealkylation sites (tertiary alicyclic amines) is 1. The number of carbonyl (C=O) groups excluding carboxylic acids is 1. The molecule has 1 saturated heterocycles. The fraction of sp³-hybridized carbons (Fsp3) is 0.438. The van der Waals surface area contributed by atoms with Gasteiger partial charge in [-0.1, -0.05) is 28.9 Å². The molecule has 1 aliphatic rings.